The Morgan fingerprint density at radius 2 is 2.08 bits per heavy atom. The van der Waals surface area contributed by atoms with Crippen molar-refractivity contribution in [2.75, 3.05) is 13.2 Å². The second-order valence-electron chi connectivity index (χ2n) is 3.73. The van der Waals surface area contributed by atoms with Crippen LogP contribution in [0.4, 0.5) is 0 Å². The molecule has 0 spiro atoms. The van der Waals surface area contributed by atoms with Gasteiger partial charge in [0, 0.05) is 12.1 Å². The van der Waals surface area contributed by atoms with Crippen molar-refractivity contribution in [3.8, 4) is 0 Å². The Balaban J connectivity index is 0.000000720. The number of nitrogens with one attached hydrogen (secondary N) is 1. The molecule has 12 heavy (non-hydrogen) atoms. The summed E-state index contributed by atoms with van der Waals surface area (Å²) in [6.45, 7) is 0.574. The minimum absolute atomic E-state index is 0. The maximum absolute atomic E-state index is 10.7. The number of hydrogen-bond donors (Lipinski definition) is 3. The van der Waals surface area contributed by atoms with E-state index in [0.29, 0.717) is 19.4 Å². The Morgan fingerprint density at radius 1 is 1.50 bits per heavy atom. The Morgan fingerprint density at radius 3 is 2.33 bits per heavy atom. The normalized spacial score (nSPS) is 43.1. The maximum atomic E-state index is 10.7. The van der Waals surface area contributed by atoms with E-state index in [1.165, 1.54) is 0 Å². The average molecular weight is 194 g/mol. The van der Waals surface area contributed by atoms with Crippen molar-refractivity contribution in [3.63, 3.8) is 0 Å². The Kier molecular flexibility index (Phi) is 2.10. The summed E-state index contributed by atoms with van der Waals surface area (Å²) in [6.07, 6.45) is 1.18. The van der Waals surface area contributed by atoms with Gasteiger partial charge >= 0.3 is 5.97 Å². The number of fused-ring (bicyclic) bond motifs is 1. The van der Waals surface area contributed by atoms with Gasteiger partial charge in [-0.1, -0.05) is 0 Å². The van der Waals surface area contributed by atoms with Crippen LogP contribution in [-0.4, -0.2) is 34.9 Å². The van der Waals surface area contributed by atoms with Crippen LogP contribution in [0, 0.1) is 5.41 Å². The lowest BCUT2D eigenvalue weighted by Crippen LogP contribution is -2.53. The van der Waals surface area contributed by atoms with E-state index in [1.807, 2.05) is 0 Å². The van der Waals surface area contributed by atoms with E-state index in [-0.39, 0.29) is 24.6 Å². The van der Waals surface area contributed by atoms with Gasteiger partial charge in [0.25, 0.3) is 0 Å². The van der Waals surface area contributed by atoms with E-state index in [2.05, 4.69) is 5.32 Å². The number of halogens is 1. The van der Waals surface area contributed by atoms with E-state index >= 15 is 0 Å². The summed E-state index contributed by atoms with van der Waals surface area (Å²) in [6, 6.07) is 0. The molecule has 3 aliphatic rings. The van der Waals surface area contributed by atoms with Crippen LogP contribution in [-0.2, 0) is 4.79 Å². The lowest BCUT2D eigenvalue weighted by atomic mass is 9.62. The van der Waals surface area contributed by atoms with Crippen molar-refractivity contribution in [1.29, 1.82) is 0 Å². The van der Waals surface area contributed by atoms with Crippen LogP contribution in [0.15, 0.2) is 0 Å². The van der Waals surface area contributed by atoms with Crippen LogP contribution < -0.4 is 5.32 Å². The summed E-state index contributed by atoms with van der Waals surface area (Å²) in [5.74, 6) is -0.730. The molecule has 70 valence electrons. The predicted molar refractivity (Wildman–Crippen MR) is 44.4 cm³/mol. The zero-order valence-electron chi connectivity index (χ0n) is 6.54. The fourth-order valence-corrected chi connectivity index (χ4v) is 2.24. The van der Waals surface area contributed by atoms with Crippen molar-refractivity contribution in [1.82, 2.24) is 5.32 Å². The molecule has 3 rings (SSSR count). The Bertz CT molecular complexity index is 213. The number of carbonyl (C=O) groups is 1. The molecular formula is C7H12ClNO3. The van der Waals surface area contributed by atoms with Gasteiger partial charge in [0.05, 0.1) is 12.0 Å². The molecular weight excluding hydrogens is 182 g/mol. The van der Waals surface area contributed by atoms with Gasteiger partial charge in [-0.05, 0) is 12.8 Å². The first kappa shape index (κ1) is 9.77. The van der Waals surface area contributed by atoms with Gasteiger partial charge in [-0.3, -0.25) is 4.79 Å². The van der Waals surface area contributed by atoms with Crippen molar-refractivity contribution in [3.05, 3.63) is 0 Å². The molecule has 0 aromatic rings. The fraction of sp³-hybridized carbons (Fsp3) is 0.857. The number of aliphatic hydroxyl groups is 1. The smallest absolute Gasteiger partial charge is 0.311 e. The van der Waals surface area contributed by atoms with E-state index in [4.69, 9.17) is 10.2 Å². The number of carboxylic acid groups (broad SMARTS) is 1. The molecule has 3 fully saturated rings. The largest absolute Gasteiger partial charge is 0.481 e. The van der Waals surface area contributed by atoms with Crippen molar-refractivity contribution in [2.45, 2.75) is 18.4 Å². The van der Waals surface area contributed by atoms with Crippen molar-refractivity contribution < 1.29 is 15.0 Å². The molecule has 0 amide bonds. The summed E-state index contributed by atoms with van der Waals surface area (Å²) >= 11 is 0. The molecule has 0 atom stereocenters. The molecule has 1 saturated carbocycles. The molecule has 4 nitrogen and oxygen atoms in total. The molecule has 0 radical (unpaired) electrons. The molecule has 0 aromatic heterocycles. The molecule has 1 aliphatic carbocycles. The van der Waals surface area contributed by atoms with Crippen molar-refractivity contribution in [2.24, 2.45) is 5.41 Å². The van der Waals surface area contributed by atoms with Gasteiger partial charge in [0.1, 0.15) is 0 Å². The minimum atomic E-state index is -0.730. The third-order valence-electron chi connectivity index (χ3n) is 2.91. The molecule has 3 N–H and O–H groups in total. The SMILES string of the molecule is Cl.O=C(O)C12CNC(CO)(C1)C2. The standard InChI is InChI=1S/C7H11NO3.ClH/c9-4-7-1-6(2-7,3-8-7)5(10)11;/h8-9H,1-4H2,(H,10,11);1H. The molecule has 5 heteroatoms. The van der Waals surface area contributed by atoms with Gasteiger partial charge < -0.3 is 15.5 Å². The number of aliphatic hydroxyl groups excluding tert-OH is 1. The Hall–Kier alpha value is -0.320. The molecule has 2 bridgehead atoms. The van der Waals surface area contributed by atoms with Gasteiger partial charge in [0.15, 0.2) is 0 Å². The van der Waals surface area contributed by atoms with Gasteiger partial charge in [-0.2, -0.15) is 0 Å². The third-order valence-corrected chi connectivity index (χ3v) is 2.91. The highest BCUT2D eigenvalue weighted by atomic mass is 35.5. The first-order chi connectivity index (χ1) is 5.13. The lowest BCUT2D eigenvalue weighted by Gasteiger charge is -2.42. The van der Waals surface area contributed by atoms with Gasteiger partial charge in [-0.25, -0.2) is 0 Å². The average Bonchev–Trinajstić information content (AvgIpc) is 2.39. The highest BCUT2D eigenvalue weighted by Crippen LogP contribution is 2.53. The zero-order chi connectivity index (χ0) is 8.11. The van der Waals surface area contributed by atoms with E-state index in [9.17, 15) is 4.79 Å². The summed E-state index contributed by atoms with van der Waals surface area (Å²) in [5.41, 5.74) is -0.804. The zero-order valence-corrected chi connectivity index (χ0v) is 7.36. The van der Waals surface area contributed by atoms with Crippen LogP contribution in [0.5, 0.6) is 0 Å². The van der Waals surface area contributed by atoms with Crippen LogP contribution in [0.3, 0.4) is 0 Å². The summed E-state index contributed by atoms with van der Waals surface area (Å²) in [7, 11) is 0. The number of rotatable bonds is 2. The van der Waals surface area contributed by atoms with Gasteiger partial charge in [-0.15, -0.1) is 12.4 Å². The van der Waals surface area contributed by atoms with Gasteiger partial charge in [0.2, 0.25) is 0 Å². The van der Waals surface area contributed by atoms with E-state index in [1.54, 1.807) is 0 Å². The van der Waals surface area contributed by atoms with Crippen LogP contribution >= 0.6 is 12.4 Å². The molecule has 0 unspecified atom stereocenters. The van der Waals surface area contributed by atoms with E-state index in [0.717, 1.165) is 0 Å². The molecule has 0 aromatic carbocycles. The summed E-state index contributed by atoms with van der Waals surface area (Å²) < 4.78 is 0. The highest BCUT2D eigenvalue weighted by Gasteiger charge is 2.64. The number of carboxylic acids is 1. The van der Waals surface area contributed by atoms with Crippen LogP contribution in [0.1, 0.15) is 12.8 Å². The summed E-state index contributed by atoms with van der Waals surface area (Å²) in [5, 5.41) is 20.8. The quantitative estimate of drug-likeness (QED) is 0.559. The third kappa shape index (κ3) is 0.952. The topological polar surface area (TPSA) is 69.6 Å². The monoisotopic (exact) mass is 193 g/mol. The minimum Gasteiger partial charge on any atom is -0.481 e. The fourth-order valence-electron chi connectivity index (χ4n) is 2.24. The Labute approximate surface area is 76.4 Å². The lowest BCUT2D eigenvalue weighted by molar-refractivity contribution is -0.153. The van der Waals surface area contributed by atoms with Crippen LogP contribution in [0.2, 0.25) is 0 Å². The number of hydrogen-bond acceptors (Lipinski definition) is 3. The van der Waals surface area contributed by atoms with E-state index < -0.39 is 11.4 Å². The van der Waals surface area contributed by atoms with Crippen molar-refractivity contribution >= 4 is 18.4 Å². The second-order valence-corrected chi connectivity index (χ2v) is 3.73. The summed E-state index contributed by atoms with van der Waals surface area (Å²) in [4.78, 5) is 10.7. The maximum Gasteiger partial charge on any atom is 0.311 e. The predicted octanol–water partition coefficient (Wildman–Crippen LogP) is -0.393. The molecule has 2 heterocycles. The van der Waals surface area contributed by atoms with Crippen LogP contribution in [0.25, 0.3) is 0 Å². The highest BCUT2D eigenvalue weighted by molar-refractivity contribution is 5.85. The number of aliphatic carboxylic acids is 1. The first-order valence-corrected chi connectivity index (χ1v) is 3.72. The second kappa shape index (κ2) is 2.58. The molecule has 2 saturated heterocycles. The molecule has 2 aliphatic heterocycles. The first-order valence-electron chi connectivity index (χ1n) is 3.72.